The summed E-state index contributed by atoms with van der Waals surface area (Å²) in [5.41, 5.74) is 4.22. The van der Waals surface area contributed by atoms with Crippen LogP contribution in [-0.2, 0) is 11.2 Å². The second-order valence-electron chi connectivity index (χ2n) is 6.21. The van der Waals surface area contributed by atoms with Gasteiger partial charge in [0.2, 0.25) is 0 Å². The van der Waals surface area contributed by atoms with Gasteiger partial charge in [0, 0.05) is 0 Å². The van der Waals surface area contributed by atoms with Crippen LogP contribution in [0.5, 0.6) is 0 Å². The quantitative estimate of drug-likeness (QED) is 0.746. The molecule has 114 valence electrons. The van der Waals surface area contributed by atoms with E-state index in [0.717, 1.165) is 25.7 Å². The number of hydrogen-bond acceptors (Lipinski definition) is 1. The molecule has 1 aliphatic rings. The van der Waals surface area contributed by atoms with E-state index in [1.54, 1.807) is 0 Å². The lowest BCUT2D eigenvalue weighted by atomic mass is 9.93. The second kappa shape index (κ2) is 7.42. The Bertz CT molecular complexity index is 600. The monoisotopic (exact) mass is 292 g/mol. The van der Waals surface area contributed by atoms with Gasteiger partial charge in [0.15, 0.2) is 0 Å². The van der Waals surface area contributed by atoms with Crippen molar-refractivity contribution in [3.05, 3.63) is 77.4 Å². The van der Waals surface area contributed by atoms with Crippen LogP contribution in [0.25, 0.3) is 6.08 Å². The van der Waals surface area contributed by atoms with Crippen molar-refractivity contribution >= 4 is 6.08 Å². The summed E-state index contributed by atoms with van der Waals surface area (Å²) < 4.78 is 6.14. The van der Waals surface area contributed by atoms with E-state index in [9.17, 15) is 0 Å². The lowest BCUT2D eigenvalue weighted by Crippen LogP contribution is -2.27. The van der Waals surface area contributed by atoms with Crippen LogP contribution >= 0.6 is 0 Å². The summed E-state index contributed by atoms with van der Waals surface area (Å²) in [7, 11) is 0. The third kappa shape index (κ3) is 4.32. The lowest BCUT2D eigenvalue weighted by molar-refractivity contribution is -0.0241. The molecule has 1 heterocycles. The highest BCUT2D eigenvalue weighted by Crippen LogP contribution is 2.28. The molecule has 2 aromatic carbocycles. The van der Waals surface area contributed by atoms with Crippen LogP contribution < -0.4 is 0 Å². The molecule has 0 bridgehead atoms. The first-order valence-corrected chi connectivity index (χ1v) is 8.23. The van der Waals surface area contributed by atoms with E-state index in [2.05, 4.69) is 73.7 Å². The fourth-order valence-corrected chi connectivity index (χ4v) is 3.22. The van der Waals surface area contributed by atoms with Crippen molar-refractivity contribution in [3.63, 3.8) is 0 Å². The number of rotatable bonds is 4. The van der Waals surface area contributed by atoms with Crippen LogP contribution in [-0.4, -0.2) is 12.2 Å². The Hall–Kier alpha value is -1.86. The average Bonchev–Trinajstić information content (AvgIpc) is 2.54. The smallest absolute Gasteiger partial charge is 0.0619 e. The predicted molar refractivity (Wildman–Crippen MR) is 92.8 cm³/mol. The molecule has 0 N–H and O–H groups in total. The van der Waals surface area contributed by atoms with Crippen molar-refractivity contribution in [1.82, 2.24) is 0 Å². The maximum absolute atomic E-state index is 6.14. The maximum Gasteiger partial charge on any atom is 0.0619 e. The number of ether oxygens (including phenoxy) is 1. The van der Waals surface area contributed by atoms with Crippen LogP contribution in [0.15, 0.2) is 66.2 Å². The van der Waals surface area contributed by atoms with Crippen LogP contribution in [0.2, 0.25) is 0 Å². The zero-order valence-corrected chi connectivity index (χ0v) is 13.2. The fraction of sp³-hybridized carbons (Fsp3) is 0.333. The summed E-state index contributed by atoms with van der Waals surface area (Å²) >= 11 is 0. The van der Waals surface area contributed by atoms with Crippen molar-refractivity contribution in [2.75, 3.05) is 0 Å². The number of aryl methyl sites for hydroxylation is 1. The van der Waals surface area contributed by atoms with E-state index in [-0.39, 0.29) is 0 Å². The van der Waals surface area contributed by atoms with Crippen molar-refractivity contribution in [3.8, 4) is 0 Å². The predicted octanol–water partition coefficient (Wildman–Crippen LogP) is 5.27. The van der Waals surface area contributed by atoms with Crippen LogP contribution in [0.3, 0.4) is 0 Å². The Labute approximate surface area is 133 Å². The molecule has 0 aromatic heterocycles. The van der Waals surface area contributed by atoms with Crippen molar-refractivity contribution in [2.24, 2.45) is 0 Å². The van der Waals surface area contributed by atoms with Gasteiger partial charge < -0.3 is 4.74 Å². The summed E-state index contributed by atoms with van der Waals surface area (Å²) in [5, 5.41) is 0. The maximum atomic E-state index is 6.14. The van der Waals surface area contributed by atoms with E-state index < -0.39 is 0 Å². The SMILES string of the molecule is C[C@H]1C/C(=C/c2ccccc2)C[C@@H](CCc2ccccc2)O1. The molecule has 1 fully saturated rings. The molecular formula is C21H24O. The summed E-state index contributed by atoms with van der Waals surface area (Å²) in [5.74, 6) is 0. The van der Waals surface area contributed by atoms with Crippen molar-refractivity contribution in [2.45, 2.75) is 44.8 Å². The molecule has 2 atom stereocenters. The van der Waals surface area contributed by atoms with Gasteiger partial charge in [-0.05, 0) is 43.7 Å². The molecule has 3 rings (SSSR count). The lowest BCUT2D eigenvalue weighted by Gasteiger charge is -2.30. The van der Waals surface area contributed by atoms with E-state index in [1.807, 2.05) is 0 Å². The zero-order valence-electron chi connectivity index (χ0n) is 13.2. The summed E-state index contributed by atoms with van der Waals surface area (Å²) in [4.78, 5) is 0. The number of hydrogen-bond donors (Lipinski definition) is 0. The molecule has 0 aliphatic carbocycles. The number of benzene rings is 2. The highest BCUT2D eigenvalue weighted by Gasteiger charge is 2.22. The zero-order chi connectivity index (χ0) is 15.2. The van der Waals surface area contributed by atoms with Gasteiger partial charge in [-0.1, -0.05) is 72.3 Å². The highest BCUT2D eigenvalue weighted by atomic mass is 16.5. The Morgan fingerprint density at radius 3 is 2.36 bits per heavy atom. The van der Waals surface area contributed by atoms with Crippen molar-refractivity contribution in [1.29, 1.82) is 0 Å². The Morgan fingerprint density at radius 1 is 0.955 bits per heavy atom. The first-order valence-electron chi connectivity index (χ1n) is 8.23. The molecule has 0 saturated carbocycles. The van der Waals surface area contributed by atoms with Gasteiger partial charge in [0.1, 0.15) is 0 Å². The molecule has 2 aromatic rings. The first kappa shape index (κ1) is 15.1. The summed E-state index contributed by atoms with van der Waals surface area (Å²) in [6.45, 7) is 2.19. The molecule has 0 amide bonds. The second-order valence-corrected chi connectivity index (χ2v) is 6.21. The van der Waals surface area contributed by atoms with Crippen LogP contribution in [0, 0.1) is 0 Å². The molecule has 0 radical (unpaired) electrons. The minimum Gasteiger partial charge on any atom is -0.375 e. The largest absolute Gasteiger partial charge is 0.375 e. The molecule has 1 aliphatic heterocycles. The normalized spacial score (nSPS) is 23.6. The van der Waals surface area contributed by atoms with Gasteiger partial charge >= 0.3 is 0 Å². The summed E-state index contributed by atoms with van der Waals surface area (Å²) in [6.07, 6.45) is 7.32. The molecule has 0 spiro atoms. The molecule has 1 nitrogen and oxygen atoms in total. The molecule has 22 heavy (non-hydrogen) atoms. The highest BCUT2D eigenvalue weighted by molar-refractivity contribution is 5.53. The minimum absolute atomic E-state index is 0.324. The van der Waals surface area contributed by atoms with Crippen LogP contribution in [0.4, 0.5) is 0 Å². The average molecular weight is 292 g/mol. The Morgan fingerprint density at radius 2 is 1.64 bits per heavy atom. The third-order valence-corrected chi connectivity index (χ3v) is 4.23. The summed E-state index contributed by atoms with van der Waals surface area (Å²) in [6, 6.07) is 21.3. The van der Waals surface area contributed by atoms with Gasteiger partial charge in [0.25, 0.3) is 0 Å². The van der Waals surface area contributed by atoms with Gasteiger partial charge in [-0.2, -0.15) is 0 Å². The minimum atomic E-state index is 0.324. The molecule has 0 unspecified atom stereocenters. The topological polar surface area (TPSA) is 9.23 Å². The van der Waals surface area contributed by atoms with E-state index in [4.69, 9.17) is 4.74 Å². The van der Waals surface area contributed by atoms with E-state index >= 15 is 0 Å². The van der Waals surface area contributed by atoms with Gasteiger partial charge in [-0.3, -0.25) is 0 Å². The van der Waals surface area contributed by atoms with Crippen molar-refractivity contribution < 1.29 is 4.74 Å². The van der Waals surface area contributed by atoms with Crippen LogP contribution in [0.1, 0.15) is 37.3 Å². The van der Waals surface area contributed by atoms with Gasteiger partial charge in [-0.15, -0.1) is 0 Å². The standard InChI is InChI=1S/C21H24O/c1-17-14-20(15-19-10-6-3-7-11-19)16-21(22-17)13-12-18-8-4-2-5-9-18/h2-11,15,17,21H,12-14,16H2,1H3/b20-15-/t17-,21+/m0/s1. The molecule has 1 saturated heterocycles. The van der Waals surface area contributed by atoms with E-state index in [1.165, 1.54) is 16.7 Å². The van der Waals surface area contributed by atoms with E-state index in [0.29, 0.717) is 12.2 Å². The Balaban J connectivity index is 1.62. The van der Waals surface area contributed by atoms with Gasteiger partial charge in [0.05, 0.1) is 12.2 Å². The fourth-order valence-electron chi connectivity index (χ4n) is 3.22. The molecule has 1 heteroatoms. The molecular weight excluding hydrogens is 268 g/mol. The Kier molecular flexibility index (Phi) is 5.07. The third-order valence-electron chi connectivity index (χ3n) is 4.23. The van der Waals surface area contributed by atoms with Gasteiger partial charge in [-0.25, -0.2) is 0 Å². The first-order chi connectivity index (χ1) is 10.8.